The third kappa shape index (κ3) is 5.51. The van der Waals surface area contributed by atoms with Gasteiger partial charge in [0.1, 0.15) is 6.04 Å². The van der Waals surface area contributed by atoms with Crippen LogP contribution in [0.3, 0.4) is 0 Å². The molecule has 0 saturated carbocycles. The second kappa shape index (κ2) is 10.0. The van der Waals surface area contributed by atoms with Gasteiger partial charge in [-0.15, -0.1) is 0 Å². The minimum atomic E-state index is -3.67. The lowest BCUT2D eigenvalue weighted by Gasteiger charge is -2.39. The Hall–Kier alpha value is -2.38. The molecule has 1 aliphatic rings. The van der Waals surface area contributed by atoms with Crippen molar-refractivity contribution in [1.29, 1.82) is 0 Å². The SMILES string of the molecule is CC[C@@H](C(=O)NCC1(c2ccccc2)CCOCC1)N(c1cc(C)cc(C)c1)S(C)(=O)=O. The Kier molecular flexibility index (Phi) is 7.62. The summed E-state index contributed by atoms with van der Waals surface area (Å²) < 4.78 is 32.4. The van der Waals surface area contributed by atoms with Gasteiger partial charge in [0.15, 0.2) is 0 Å². The van der Waals surface area contributed by atoms with Gasteiger partial charge in [-0.1, -0.05) is 43.3 Å². The number of amides is 1. The fraction of sp³-hybridized carbons (Fsp3) is 0.480. The summed E-state index contributed by atoms with van der Waals surface area (Å²) in [5, 5.41) is 3.09. The van der Waals surface area contributed by atoms with E-state index in [2.05, 4.69) is 17.4 Å². The van der Waals surface area contributed by atoms with Gasteiger partial charge in [-0.25, -0.2) is 8.42 Å². The summed E-state index contributed by atoms with van der Waals surface area (Å²) in [4.78, 5) is 13.4. The van der Waals surface area contributed by atoms with Crippen molar-refractivity contribution in [2.24, 2.45) is 0 Å². The molecule has 1 fully saturated rings. The van der Waals surface area contributed by atoms with Gasteiger partial charge < -0.3 is 10.1 Å². The highest BCUT2D eigenvalue weighted by Gasteiger charge is 2.37. The van der Waals surface area contributed by atoms with E-state index in [1.54, 1.807) is 0 Å². The van der Waals surface area contributed by atoms with Crippen molar-refractivity contribution < 1.29 is 17.9 Å². The summed E-state index contributed by atoms with van der Waals surface area (Å²) in [6.07, 6.45) is 3.14. The number of rotatable bonds is 8. The molecular formula is C25H34N2O4S. The van der Waals surface area contributed by atoms with E-state index in [4.69, 9.17) is 4.74 Å². The zero-order valence-electron chi connectivity index (χ0n) is 19.4. The molecule has 1 atom stereocenters. The van der Waals surface area contributed by atoms with Crippen LogP contribution in [0.4, 0.5) is 5.69 Å². The lowest BCUT2D eigenvalue weighted by atomic mass is 9.74. The van der Waals surface area contributed by atoms with Crippen LogP contribution in [-0.4, -0.2) is 46.4 Å². The molecule has 0 radical (unpaired) electrons. The molecule has 1 aliphatic heterocycles. The van der Waals surface area contributed by atoms with Gasteiger partial charge in [0.2, 0.25) is 15.9 Å². The van der Waals surface area contributed by atoms with Crippen molar-refractivity contribution in [3.63, 3.8) is 0 Å². The van der Waals surface area contributed by atoms with Crippen molar-refractivity contribution in [3.8, 4) is 0 Å². The number of hydrogen-bond donors (Lipinski definition) is 1. The molecule has 174 valence electrons. The van der Waals surface area contributed by atoms with Crippen molar-refractivity contribution >= 4 is 21.6 Å². The molecule has 1 N–H and O–H groups in total. The topological polar surface area (TPSA) is 75.7 Å². The summed E-state index contributed by atoms with van der Waals surface area (Å²) >= 11 is 0. The van der Waals surface area contributed by atoms with Crippen LogP contribution < -0.4 is 9.62 Å². The Morgan fingerprint density at radius 1 is 1.09 bits per heavy atom. The highest BCUT2D eigenvalue weighted by atomic mass is 32.2. The predicted molar refractivity (Wildman–Crippen MR) is 129 cm³/mol. The monoisotopic (exact) mass is 458 g/mol. The Morgan fingerprint density at radius 2 is 1.69 bits per heavy atom. The predicted octanol–water partition coefficient (Wildman–Crippen LogP) is 3.71. The molecule has 0 bridgehead atoms. The molecule has 32 heavy (non-hydrogen) atoms. The van der Waals surface area contributed by atoms with Crippen LogP contribution in [0.2, 0.25) is 0 Å². The van der Waals surface area contributed by atoms with Crippen LogP contribution in [0, 0.1) is 13.8 Å². The van der Waals surface area contributed by atoms with E-state index in [1.807, 2.05) is 57.2 Å². The van der Waals surface area contributed by atoms with Gasteiger partial charge in [-0.05, 0) is 61.9 Å². The number of aryl methyl sites for hydroxylation is 2. The number of sulfonamides is 1. The molecule has 2 aromatic rings. The van der Waals surface area contributed by atoms with Crippen molar-refractivity contribution in [2.45, 2.75) is 51.5 Å². The molecule has 0 aromatic heterocycles. The Morgan fingerprint density at radius 3 is 2.22 bits per heavy atom. The highest BCUT2D eigenvalue weighted by Crippen LogP contribution is 2.34. The minimum Gasteiger partial charge on any atom is -0.381 e. The summed E-state index contributed by atoms with van der Waals surface area (Å²) in [6.45, 7) is 7.41. The smallest absolute Gasteiger partial charge is 0.243 e. The molecule has 6 nitrogen and oxygen atoms in total. The first-order valence-electron chi connectivity index (χ1n) is 11.1. The highest BCUT2D eigenvalue weighted by molar-refractivity contribution is 7.92. The quantitative estimate of drug-likeness (QED) is 0.654. The zero-order valence-corrected chi connectivity index (χ0v) is 20.2. The lowest BCUT2D eigenvalue weighted by molar-refractivity contribution is -0.122. The zero-order chi connectivity index (χ0) is 23.4. The molecule has 0 unspecified atom stereocenters. The summed E-state index contributed by atoms with van der Waals surface area (Å²) in [5.41, 5.74) is 3.38. The van der Waals surface area contributed by atoms with Gasteiger partial charge in [-0.3, -0.25) is 9.10 Å². The number of ether oxygens (including phenoxy) is 1. The number of benzene rings is 2. The molecule has 0 aliphatic carbocycles. The van der Waals surface area contributed by atoms with E-state index in [0.29, 0.717) is 31.9 Å². The van der Waals surface area contributed by atoms with E-state index in [1.165, 1.54) is 9.87 Å². The maximum Gasteiger partial charge on any atom is 0.243 e. The molecule has 7 heteroatoms. The Labute approximate surface area is 192 Å². The number of carbonyl (C=O) groups is 1. The van der Waals surface area contributed by atoms with Crippen LogP contribution in [0.15, 0.2) is 48.5 Å². The van der Waals surface area contributed by atoms with E-state index in [0.717, 1.165) is 30.2 Å². The van der Waals surface area contributed by atoms with Crippen LogP contribution in [0.25, 0.3) is 0 Å². The minimum absolute atomic E-state index is 0.219. The molecule has 1 amide bonds. The largest absolute Gasteiger partial charge is 0.381 e. The molecule has 0 spiro atoms. The van der Waals surface area contributed by atoms with Crippen molar-refractivity contribution in [1.82, 2.24) is 5.32 Å². The average Bonchev–Trinajstić information content (AvgIpc) is 2.75. The maximum atomic E-state index is 13.4. The second-order valence-electron chi connectivity index (χ2n) is 8.81. The molecule has 1 heterocycles. The first-order valence-corrected chi connectivity index (χ1v) is 13.0. The molecule has 1 saturated heterocycles. The van der Waals surface area contributed by atoms with Gasteiger partial charge in [-0.2, -0.15) is 0 Å². The molecule has 3 rings (SSSR count). The average molecular weight is 459 g/mol. The Bertz CT molecular complexity index is 1010. The van der Waals surface area contributed by atoms with Crippen LogP contribution in [-0.2, 0) is 25.0 Å². The number of hydrogen-bond acceptors (Lipinski definition) is 4. The van der Waals surface area contributed by atoms with E-state index >= 15 is 0 Å². The second-order valence-corrected chi connectivity index (χ2v) is 10.7. The summed E-state index contributed by atoms with van der Waals surface area (Å²) in [5.74, 6) is -0.279. The first-order chi connectivity index (χ1) is 15.2. The van der Waals surface area contributed by atoms with Crippen LogP contribution in [0.5, 0.6) is 0 Å². The third-order valence-corrected chi connectivity index (χ3v) is 7.41. The van der Waals surface area contributed by atoms with Crippen LogP contribution >= 0.6 is 0 Å². The summed E-state index contributed by atoms with van der Waals surface area (Å²) in [7, 11) is -3.67. The Balaban J connectivity index is 1.87. The number of carbonyl (C=O) groups excluding carboxylic acids is 1. The fourth-order valence-corrected chi connectivity index (χ4v) is 5.83. The summed E-state index contributed by atoms with van der Waals surface area (Å²) in [6, 6.07) is 15.0. The molecular weight excluding hydrogens is 424 g/mol. The van der Waals surface area contributed by atoms with Gasteiger partial charge in [0.05, 0.1) is 11.9 Å². The standard InChI is InChI=1S/C25H34N2O4S/c1-5-23(27(32(4,29)30)22-16-19(2)15-20(3)17-22)24(28)26-18-25(11-13-31-14-12-25)21-9-7-6-8-10-21/h6-10,15-17,23H,5,11-14,18H2,1-4H3,(H,26,28)/t23-/m0/s1. The maximum absolute atomic E-state index is 13.4. The van der Waals surface area contributed by atoms with Gasteiger partial charge in [0, 0.05) is 25.2 Å². The van der Waals surface area contributed by atoms with Crippen molar-refractivity contribution in [2.75, 3.05) is 30.3 Å². The van der Waals surface area contributed by atoms with E-state index in [-0.39, 0.29) is 11.3 Å². The van der Waals surface area contributed by atoms with Gasteiger partial charge in [0.25, 0.3) is 0 Å². The molecule has 2 aromatic carbocycles. The number of anilines is 1. The van der Waals surface area contributed by atoms with E-state index < -0.39 is 16.1 Å². The number of nitrogens with one attached hydrogen (secondary N) is 1. The number of nitrogens with zero attached hydrogens (tertiary/aromatic N) is 1. The normalized spacial score (nSPS) is 16.9. The van der Waals surface area contributed by atoms with Crippen molar-refractivity contribution in [3.05, 3.63) is 65.2 Å². The van der Waals surface area contributed by atoms with Gasteiger partial charge >= 0.3 is 0 Å². The van der Waals surface area contributed by atoms with E-state index in [9.17, 15) is 13.2 Å². The first kappa shape index (κ1) is 24.3. The third-order valence-electron chi connectivity index (χ3n) is 6.23. The lowest BCUT2D eigenvalue weighted by Crippen LogP contribution is -2.52. The fourth-order valence-electron chi connectivity index (χ4n) is 4.63. The van der Waals surface area contributed by atoms with Crippen LogP contribution in [0.1, 0.15) is 42.9 Å².